The number of hydrogen-bond acceptors (Lipinski definition) is 8. The van der Waals surface area contributed by atoms with Crippen molar-refractivity contribution < 1.29 is 23.8 Å². The molecule has 1 fully saturated rings. The lowest BCUT2D eigenvalue weighted by atomic mass is 9.99. The first-order valence-corrected chi connectivity index (χ1v) is 10.7. The SMILES string of the molecule is C=C(CNC(=O)OC(C)(C)C)COc1ccc(SN2CCC(C(=O)OC)CC2)cn1. The summed E-state index contributed by atoms with van der Waals surface area (Å²) >= 11 is 1.62. The molecule has 8 nitrogen and oxygen atoms in total. The molecule has 30 heavy (non-hydrogen) atoms. The number of carbonyl (C=O) groups is 2. The number of nitrogens with one attached hydrogen (secondary N) is 1. The molecule has 0 bridgehead atoms. The lowest BCUT2D eigenvalue weighted by Gasteiger charge is -2.29. The van der Waals surface area contributed by atoms with Gasteiger partial charge in [-0.2, -0.15) is 0 Å². The smallest absolute Gasteiger partial charge is 0.407 e. The van der Waals surface area contributed by atoms with Gasteiger partial charge in [-0.15, -0.1) is 0 Å². The Kier molecular flexibility index (Phi) is 8.98. The number of nitrogens with zero attached hydrogens (tertiary/aromatic N) is 2. The van der Waals surface area contributed by atoms with Crippen LogP contribution in [0.5, 0.6) is 5.88 Å². The predicted octanol–water partition coefficient (Wildman–Crippen LogP) is 3.43. The number of aromatic nitrogens is 1. The third-order valence-electron chi connectivity index (χ3n) is 4.24. The molecule has 2 rings (SSSR count). The molecule has 0 unspecified atom stereocenters. The number of esters is 1. The lowest BCUT2D eigenvalue weighted by molar-refractivity contribution is -0.146. The number of hydrogen-bond donors (Lipinski definition) is 1. The fraction of sp³-hybridized carbons (Fsp3) is 0.571. The van der Waals surface area contributed by atoms with Gasteiger partial charge in [0.15, 0.2) is 0 Å². The summed E-state index contributed by atoms with van der Waals surface area (Å²) in [4.78, 5) is 28.6. The topological polar surface area (TPSA) is 90.0 Å². The summed E-state index contributed by atoms with van der Waals surface area (Å²) in [6, 6.07) is 3.75. The maximum atomic E-state index is 11.6. The maximum Gasteiger partial charge on any atom is 0.407 e. The van der Waals surface area contributed by atoms with Crippen LogP contribution < -0.4 is 10.1 Å². The Morgan fingerprint density at radius 2 is 2.00 bits per heavy atom. The first-order valence-electron chi connectivity index (χ1n) is 9.89. The predicted molar refractivity (Wildman–Crippen MR) is 115 cm³/mol. The van der Waals surface area contributed by atoms with Crippen LogP contribution in [0.4, 0.5) is 4.79 Å². The summed E-state index contributed by atoms with van der Waals surface area (Å²) in [5, 5.41) is 2.64. The zero-order chi connectivity index (χ0) is 22.1. The summed E-state index contributed by atoms with van der Waals surface area (Å²) in [5.41, 5.74) is 0.164. The third-order valence-corrected chi connectivity index (χ3v) is 5.31. The fourth-order valence-electron chi connectivity index (χ4n) is 2.74. The minimum absolute atomic E-state index is 0.00124. The summed E-state index contributed by atoms with van der Waals surface area (Å²) in [5.74, 6) is 0.367. The van der Waals surface area contributed by atoms with E-state index >= 15 is 0 Å². The van der Waals surface area contributed by atoms with Crippen LogP contribution in [0.15, 0.2) is 35.4 Å². The van der Waals surface area contributed by atoms with Gasteiger partial charge in [0.1, 0.15) is 12.2 Å². The molecule has 1 amide bonds. The van der Waals surface area contributed by atoms with Gasteiger partial charge in [-0.05, 0) is 57.2 Å². The van der Waals surface area contributed by atoms with Crippen molar-refractivity contribution in [3.05, 3.63) is 30.5 Å². The standard InChI is InChI=1S/C21H31N3O5S/c1-15(12-23-20(26)29-21(2,3)4)14-28-18-7-6-17(13-22-18)30-24-10-8-16(9-11-24)19(25)27-5/h6-7,13,16H,1,8-12,14H2,2-5H3,(H,23,26). The van der Waals surface area contributed by atoms with Crippen LogP contribution in [0, 0.1) is 5.92 Å². The monoisotopic (exact) mass is 437 g/mol. The highest BCUT2D eigenvalue weighted by atomic mass is 32.2. The molecule has 0 spiro atoms. The van der Waals surface area contributed by atoms with E-state index in [-0.39, 0.29) is 25.0 Å². The maximum absolute atomic E-state index is 11.6. The van der Waals surface area contributed by atoms with Crippen molar-refractivity contribution in [2.24, 2.45) is 5.92 Å². The van der Waals surface area contributed by atoms with Crippen LogP contribution in [0.2, 0.25) is 0 Å². The highest BCUT2D eigenvalue weighted by molar-refractivity contribution is 7.97. The number of amides is 1. The number of carbonyl (C=O) groups excluding carboxylic acids is 2. The van der Waals surface area contributed by atoms with Gasteiger partial charge < -0.3 is 19.5 Å². The number of alkyl carbamates (subject to hydrolysis) is 1. The van der Waals surface area contributed by atoms with Crippen molar-refractivity contribution in [2.75, 3.05) is 33.4 Å². The van der Waals surface area contributed by atoms with Gasteiger partial charge in [0.25, 0.3) is 0 Å². The van der Waals surface area contributed by atoms with E-state index in [1.807, 2.05) is 26.8 Å². The molecular weight excluding hydrogens is 406 g/mol. The Balaban J connectivity index is 1.69. The normalized spacial score (nSPS) is 15.3. The first-order chi connectivity index (χ1) is 14.2. The molecule has 0 radical (unpaired) electrons. The van der Waals surface area contributed by atoms with Crippen LogP contribution in [0.25, 0.3) is 0 Å². The third kappa shape index (κ3) is 8.62. The molecule has 0 atom stereocenters. The highest BCUT2D eigenvalue weighted by Crippen LogP contribution is 2.29. The van der Waals surface area contributed by atoms with Crippen molar-refractivity contribution in [1.82, 2.24) is 14.6 Å². The van der Waals surface area contributed by atoms with Gasteiger partial charge in [-0.3, -0.25) is 4.79 Å². The molecule has 166 valence electrons. The molecule has 9 heteroatoms. The van der Waals surface area contributed by atoms with Crippen LogP contribution in [-0.4, -0.2) is 60.3 Å². The zero-order valence-corrected chi connectivity index (χ0v) is 18.9. The largest absolute Gasteiger partial charge is 0.473 e. The van der Waals surface area contributed by atoms with Crippen LogP contribution in [-0.2, 0) is 14.3 Å². The van der Waals surface area contributed by atoms with E-state index in [2.05, 4.69) is 21.2 Å². The molecule has 1 aromatic rings. The average Bonchev–Trinajstić information content (AvgIpc) is 2.70. The van der Waals surface area contributed by atoms with E-state index in [9.17, 15) is 9.59 Å². The molecule has 0 aliphatic carbocycles. The summed E-state index contributed by atoms with van der Waals surface area (Å²) in [7, 11) is 1.44. The Morgan fingerprint density at radius 3 is 2.57 bits per heavy atom. The van der Waals surface area contributed by atoms with E-state index in [0.717, 1.165) is 30.8 Å². The lowest BCUT2D eigenvalue weighted by Crippen LogP contribution is -2.34. The van der Waals surface area contributed by atoms with Gasteiger partial charge in [0.2, 0.25) is 5.88 Å². The van der Waals surface area contributed by atoms with Crippen LogP contribution in [0.3, 0.4) is 0 Å². The number of methoxy groups -OCH3 is 1. The quantitative estimate of drug-likeness (QED) is 0.376. The Bertz CT molecular complexity index is 725. The van der Waals surface area contributed by atoms with E-state index in [0.29, 0.717) is 11.5 Å². The Labute approximate surface area is 182 Å². The zero-order valence-electron chi connectivity index (χ0n) is 18.1. The van der Waals surface area contributed by atoms with Crippen molar-refractivity contribution in [3.63, 3.8) is 0 Å². The summed E-state index contributed by atoms with van der Waals surface area (Å²) in [6.07, 6.45) is 2.87. The first kappa shape index (κ1) is 24.0. The van der Waals surface area contributed by atoms with Crippen molar-refractivity contribution >= 4 is 24.0 Å². The highest BCUT2D eigenvalue weighted by Gasteiger charge is 2.26. The van der Waals surface area contributed by atoms with E-state index in [1.165, 1.54) is 7.11 Å². The molecule has 1 N–H and O–H groups in total. The average molecular weight is 438 g/mol. The summed E-state index contributed by atoms with van der Waals surface area (Å²) in [6.45, 7) is 11.5. The number of piperidine rings is 1. The molecule has 1 saturated heterocycles. The van der Waals surface area contributed by atoms with Crippen LogP contribution >= 0.6 is 11.9 Å². The van der Waals surface area contributed by atoms with Gasteiger partial charge in [0, 0.05) is 36.8 Å². The van der Waals surface area contributed by atoms with Crippen LogP contribution in [0.1, 0.15) is 33.6 Å². The minimum atomic E-state index is -0.539. The van der Waals surface area contributed by atoms with Gasteiger partial charge in [-0.1, -0.05) is 6.58 Å². The number of rotatable bonds is 8. The van der Waals surface area contributed by atoms with Crippen molar-refractivity contribution in [1.29, 1.82) is 0 Å². The van der Waals surface area contributed by atoms with Gasteiger partial charge in [-0.25, -0.2) is 14.1 Å². The minimum Gasteiger partial charge on any atom is -0.473 e. The molecule has 1 aromatic heterocycles. The van der Waals surface area contributed by atoms with Gasteiger partial charge >= 0.3 is 12.1 Å². The second kappa shape index (κ2) is 11.2. The van der Waals surface area contributed by atoms with E-state index in [4.69, 9.17) is 14.2 Å². The van der Waals surface area contributed by atoms with Crippen molar-refractivity contribution in [3.8, 4) is 5.88 Å². The Hall–Kier alpha value is -2.26. The molecule has 1 aliphatic heterocycles. The van der Waals surface area contributed by atoms with E-state index in [1.54, 1.807) is 24.2 Å². The molecule has 2 heterocycles. The molecular formula is C21H31N3O5S. The summed E-state index contributed by atoms with van der Waals surface area (Å²) < 4.78 is 17.8. The van der Waals surface area contributed by atoms with Crippen molar-refractivity contribution in [2.45, 2.75) is 44.1 Å². The second-order valence-electron chi connectivity index (χ2n) is 8.04. The molecule has 1 aliphatic rings. The molecule has 0 aromatic carbocycles. The number of pyridine rings is 1. The second-order valence-corrected chi connectivity index (χ2v) is 9.21. The molecule has 0 saturated carbocycles. The fourth-order valence-corrected chi connectivity index (χ4v) is 3.66. The Morgan fingerprint density at radius 1 is 1.30 bits per heavy atom. The number of ether oxygens (including phenoxy) is 3. The van der Waals surface area contributed by atoms with E-state index < -0.39 is 11.7 Å². The van der Waals surface area contributed by atoms with Gasteiger partial charge in [0.05, 0.1) is 13.0 Å².